The van der Waals surface area contributed by atoms with Crippen molar-refractivity contribution in [3.8, 4) is 5.75 Å². The Kier molecular flexibility index (Phi) is 6.47. The first kappa shape index (κ1) is 18.9. The maximum Gasteiger partial charge on any atom is 0.341 e. The topological polar surface area (TPSA) is 66.8 Å². The number of anilines is 1. The number of rotatable bonds is 7. The first-order valence-electron chi connectivity index (χ1n) is 7.78. The van der Waals surface area contributed by atoms with Crippen LogP contribution in [0.15, 0.2) is 47.4 Å². The fourth-order valence-corrected chi connectivity index (χ4v) is 3.18. The molecule has 0 aromatic heterocycles. The van der Waals surface area contributed by atoms with Gasteiger partial charge in [0, 0.05) is 17.6 Å². The van der Waals surface area contributed by atoms with E-state index in [1.807, 2.05) is 26.0 Å². The number of hydrogen-bond donors (Lipinski definition) is 1. The molecule has 2 aromatic rings. The van der Waals surface area contributed by atoms with Crippen molar-refractivity contribution in [2.45, 2.75) is 18.7 Å². The first-order chi connectivity index (χ1) is 11.9. The zero-order chi connectivity index (χ0) is 18.4. The molecule has 1 amide bonds. The van der Waals surface area contributed by atoms with Gasteiger partial charge in [-0.15, -0.1) is 11.8 Å². The summed E-state index contributed by atoms with van der Waals surface area (Å²) in [7, 11) is 1.72. The smallest absolute Gasteiger partial charge is 0.341 e. The van der Waals surface area contributed by atoms with Crippen LogP contribution >= 0.6 is 11.8 Å². The molecular weight excluding hydrogens is 338 g/mol. The molecule has 0 saturated heterocycles. The number of ether oxygens (including phenoxy) is 1. The van der Waals surface area contributed by atoms with E-state index in [0.717, 1.165) is 10.6 Å². The van der Waals surface area contributed by atoms with Gasteiger partial charge in [-0.2, -0.15) is 0 Å². The highest BCUT2D eigenvalue weighted by atomic mass is 32.2. The molecule has 0 aliphatic heterocycles. The van der Waals surface area contributed by atoms with Crippen LogP contribution in [0.1, 0.15) is 11.1 Å². The summed E-state index contributed by atoms with van der Waals surface area (Å²) in [6, 6.07) is 13.0. The van der Waals surface area contributed by atoms with E-state index in [4.69, 9.17) is 9.84 Å². The Labute approximate surface area is 151 Å². The molecule has 6 heteroatoms. The summed E-state index contributed by atoms with van der Waals surface area (Å²) in [5.41, 5.74) is 3.10. The van der Waals surface area contributed by atoms with Gasteiger partial charge in [0.05, 0.1) is 5.75 Å². The molecule has 25 heavy (non-hydrogen) atoms. The van der Waals surface area contributed by atoms with Crippen molar-refractivity contribution >= 4 is 29.3 Å². The highest BCUT2D eigenvalue weighted by Crippen LogP contribution is 2.25. The summed E-state index contributed by atoms with van der Waals surface area (Å²) in [6.45, 7) is 3.70. The summed E-state index contributed by atoms with van der Waals surface area (Å²) in [5, 5.41) is 8.60. The summed E-state index contributed by atoms with van der Waals surface area (Å²) < 4.78 is 5.08. The van der Waals surface area contributed by atoms with Crippen molar-refractivity contribution in [3.05, 3.63) is 53.6 Å². The van der Waals surface area contributed by atoms with E-state index < -0.39 is 5.97 Å². The zero-order valence-corrected chi connectivity index (χ0v) is 15.3. The Bertz CT molecular complexity index is 759. The number of carboxylic acid groups (broad SMARTS) is 1. The van der Waals surface area contributed by atoms with E-state index in [9.17, 15) is 9.59 Å². The average molecular weight is 359 g/mol. The summed E-state index contributed by atoms with van der Waals surface area (Å²) in [5.74, 6) is -0.238. The van der Waals surface area contributed by atoms with Crippen LogP contribution in [-0.2, 0) is 9.59 Å². The lowest BCUT2D eigenvalue weighted by molar-refractivity contribution is -0.139. The fourth-order valence-electron chi connectivity index (χ4n) is 2.25. The lowest BCUT2D eigenvalue weighted by atomic mass is 10.2. The molecule has 0 atom stereocenters. The number of carbonyl (C=O) groups excluding carboxylic acids is 1. The molecule has 132 valence electrons. The third kappa shape index (κ3) is 5.53. The molecule has 0 radical (unpaired) electrons. The van der Waals surface area contributed by atoms with Crippen molar-refractivity contribution in [2.75, 3.05) is 24.3 Å². The molecule has 0 aliphatic carbocycles. The number of carbonyl (C=O) groups is 2. The van der Waals surface area contributed by atoms with E-state index in [-0.39, 0.29) is 12.5 Å². The molecule has 2 aromatic carbocycles. The van der Waals surface area contributed by atoms with Gasteiger partial charge in [-0.3, -0.25) is 4.79 Å². The Balaban J connectivity index is 1.93. The minimum Gasteiger partial charge on any atom is -0.482 e. The number of aryl methyl sites for hydroxylation is 2. The molecule has 0 saturated carbocycles. The third-order valence-corrected chi connectivity index (χ3v) is 4.80. The number of thioether (sulfide) groups is 1. The van der Waals surface area contributed by atoms with Gasteiger partial charge < -0.3 is 14.7 Å². The number of benzene rings is 2. The molecule has 0 heterocycles. The molecule has 0 bridgehead atoms. The van der Waals surface area contributed by atoms with Crippen molar-refractivity contribution in [1.82, 2.24) is 0 Å². The molecule has 0 unspecified atom stereocenters. The SMILES string of the molecule is Cc1ccc(SCC(=O)N(C)c2ccc(OCC(=O)O)cc2)c(C)c1. The van der Waals surface area contributed by atoms with Gasteiger partial charge in [0.15, 0.2) is 6.61 Å². The molecule has 0 fully saturated rings. The summed E-state index contributed by atoms with van der Waals surface area (Å²) in [6.07, 6.45) is 0. The maximum absolute atomic E-state index is 12.4. The van der Waals surface area contributed by atoms with Crippen LogP contribution in [0.2, 0.25) is 0 Å². The largest absolute Gasteiger partial charge is 0.482 e. The number of nitrogens with zero attached hydrogens (tertiary/aromatic N) is 1. The van der Waals surface area contributed by atoms with E-state index in [0.29, 0.717) is 11.5 Å². The van der Waals surface area contributed by atoms with Crippen molar-refractivity contribution < 1.29 is 19.4 Å². The fraction of sp³-hybridized carbons (Fsp3) is 0.263. The molecule has 0 aliphatic rings. The number of aliphatic carboxylic acids is 1. The highest BCUT2D eigenvalue weighted by Gasteiger charge is 2.12. The first-order valence-corrected chi connectivity index (χ1v) is 8.76. The Morgan fingerprint density at radius 1 is 1.12 bits per heavy atom. The third-order valence-electron chi connectivity index (χ3n) is 3.64. The second-order valence-electron chi connectivity index (χ2n) is 5.69. The van der Waals surface area contributed by atoms with Crippen LogP contribution in [0.3, 0.4) is 0 Å². The minimum absolute atomic E-state index is 0.0100. The molecule has 2 rings (SSSR count). The monoisotopic (exact) mass is 359 g/mol. The van der Waals surface area contributed by atoms with Gasteiger partial charge in [0.25, 0.3) is 0 Å². The van der Waals surface area contributed by atoms with Crippen LogP contribution in [0.25, 0.3) is 0 Å². The maximum atomic E-state index is 12.4. The summed E-state index contributed by atoms with van der Waals surface area (Å²) >= 11 is 1.52. The summed E-state index contributed by atoms with van der Waals surface area (Å²) in [4.78, 5) is 25.6. The van der Waals surface area contributed by atoms with Crippen LogP contribution in [0.5, 0.6) is 5.75 Å². The standard InChI is InChI=1S/C19H21NO4S/c1-13-4-9-17(14(2)10-13)25-12-18(21)20(3)15-5-7-16(8-6-15)24-11-19(22)23/h4-10H,11-12H2,1-3H3,(H,22,23). The normalized spacial score (nSPS) is 10.4. The Morgan fingerprint density at radius 2 is 1.80 bits per heavy atom. The van der Waals surface area contributed by atoms with Gasteiger partial charge in [-0.05, 0) is 49.7 Å². The van der Waals surface area contributed by atoms with Crippen LogP contribution in [0, 0.1) is 13.8 Å². The lowest BCUT2D eigenvalue weighted by Gasteiger charge is -2.18. The van der Waals surface area contributed by atoms with E-state index in [1.54, 1.807) is 36.2 Å². The predicted molar refractivity (Wildman–Crippen MR) is 99.6 cm³/mol. The van der Waals surface area contributed by atoms with Gasteiger partial charge in [0.2, 0.25) is 5.91 Å². The Hall–Kier alpha value is -2.47. The second-order valence-corrected chi connectivity index (χ2v) is 6.70. The average Bonchev–Trinajstić information content (AvgIpc) is 2.58. The van der Waals surface area contributed by atoms with E-state index in [2.05, 4.69) is 6.07 Å². The van der Waals surface area contributed by atoms with Crippen molar-refractivity contribution in [1.29, 1.82) is 0 Å². The second kappa shape index (κ2) is 8.58. The number of amides is 1. The van der Waals surface area contributed by atoms with E-state index in [1.165, 1.54) is 22.9 Å². The molecule has 1 N–H and O–H groups in total. The van der Waals surface area contributed by atoms with Gasteiger partial charge in [0.1, 0.15) is 5.75 Å². The number of carboxylic acids is 1. The van der Waals surface area contributed by atoms with Crippen LogP contribution < -0.4 is 9.64 Å². The van der Waals surface area contributed by atoms with E-state index >= 15 is 0 Å². The minimum atomic E-state index is -1.03. The Morgan fingerprint density at radius 3 is 2.40 bits per heavy atom. The van der Waals surface area contributed by atoms with Crippen molar-refractivity contribution in [2.24, 2.45) is 0 Å². The van der Waals surface area contributed by atoms with Crippen LogP contribution in [0.4, 0.5) is 5.69 Å². The predicted octanol–water partition coefficient (Wildman–Crippen LogP) is 3.52. The molecular formula is C19H21NO4S. The quantitative estimate of drug-likeness (QED) is 0.766. The van der Waals surface area contributed by atoms with Crippen LogP contribution in [-0.4, -0.2) is 36.4 Å². The van der Waals surface area contributed by atoms with Crippen molar-refractivity contribution in [3.63, 3.8) is 0 Å². The lowest BCUT2D eigenvalue weighted by Crippen LogP contribution is -2.27. The molecule has 0 spiro atoms. The number of hydrogen-bond acceptors (Lipinski definition) is 4. The highest BCUT2D eigenvalue weighted by molar-refractivity contribution is 8.00. The van der Waals surface area contributed by atoms with Gasteiger partial charge >= 0.3 is 5.97 Å². The van der Waals surface area contributed by atoms with Gasteiger partial charge in [-0.25, -0.2) is 4.79 Å². The molecule has 5 nitrogen and oxygen atoms in total. The van der Waals surface area contributed by atoms with Gasteiger partial charge in [-0.1, -0.05) is 17.7 Å². The zero-order valence-electron chi connectivity index (χ0n) is 14.5.